The van der Waals surface area contributed by atoms with E-state index >= 15 is 0 Å². The molecule has 0 radical (unpaired) electrons. The number of nitrogens with zero attached hydrogens (tertiary/aromatic N) is 2. The molecule has 102 valence electrons. The molecule has 6 heteroatoms. The normalized spacial score (nSPS) is 12.6. The molecule has 0 spiro atoms. The maximum Gasteiger partial charge on any atom is 0.343 e. The van der Waals surface area contributed by atoms with Crippen molar-refractivity contribution in [2.24, 2.45) is 5.73 Å². The van der Waals surface area contributed by atoms with Crippen LogP contribution in [0.4, 0.5) is 0 Å². The van der Waals surface area contributed by atoms with Crippen LogP contribution in [0, 0.1) is 0 Å². The van der Waals surface area contributed by atoms with E-state index in [1.54, 1.807) is 4.57 Å². The minimum absolute atomic E-state index is 0.162. The van der Waals surface area contributed by atoms with Crippen molar-refractivity contribution in [3.63, 3.8) is 0 Å². The molecule has 1 atom stereocenters. The number of benzene rings is 1. The van der Waals surface area contributed by atoms with E-state index in [1.807, 2.05) is 26.0 Å². The van der Waals surface area contributed by atoms with E-state index in [-0.39, 0.29) is 11.7 Å². The molecule has 3 N–H and O–H groups in total. The second-order valence-electron chi connectivity index (χ2n) is 4.48. The highest BCUT2D eigenvalue weighted by Gasteiger charge is 2.08. The van der Waals surface area contributed by atoms with Crippen molar-refractivity contribution in [2.75, 3.05) is 0 Å². The van der Waals surface area contributed by atoms with E-state index in [1.165, 1.54) is 17.3 Å². The highest BCUT2D eigenvalue weighted by Crippen LogP contribution is 2.25. The second kappa shape index (κ2) is 6.08. The first-order valence-corrected chi connectivity index (χ1v) is 7.09. The van der Waals surface area contributed by atoms with Crippen molar-refractivity contribution in [2.45, 2.75) is 42.9 Å². The van der Waals surface area contributed by atoms with E-state index in [9.17, 15) is 4.79 Å². The molecule has 0 aliphatic heterocycles. The molecule has 2 aromatic rings. The first-order valence-electron chi connectivity index (χ1n) is 6.27. The van der Waals surface area contributed by atoms with Crippen molar-refractivity contribution in [1.29, 1.82) is 0 Å². The Morgan fingerprint density at radius 2 is 2.11 bits per heavy atom. The van der Waals surface area contributed by atoms with Gasteiger partial charge in [-0.25, -0.2) is 9.89 Å². The Morgan fingerprint density at radius 3 is 2.68 bits per heavy atom. The number of rotatable bonds is 5. The molecule has 2 rings (SSSR count). The van der Waals surface area contributed by atoms with Gasteiger partial charge in [0.05, 0.1) is 0 Å². The average molecular weight is 278 g/mol. The monoisotopic (exact) mass is 278 g/mol. The number of aromatic amines is 1. The zero-order valence-electron chi connectivity index (χ0n) is 11.1. The first-order chi connectivity index (χ1) is 9.10. The predicted octanol–water partition coefficient (Wildman–Crippen LogP) is 1.63. The maximum atomic E-state index is 11.5. The van der Waals surface area contributed by atoms with Crippen molar-refractivity contribution < 1.29 is 0 Å². The Kier molecular flexibility index (Phi) is 4.44. The van der Waals surface area contributed by atoms with Gasteiger partial charge in [0.1, 0.15) is 0 Å². The highest BCUT2D eigenvalue weighted by atomic mass is 32.2. The lowest BCUT2D eigenvalue weighted by molar-refractivity contribution is 0.660. The standard InChI is InChI=1S/C13H18N4OS/c1-3-17-12(18)15-16-13(17)19-11-6-4-10(5-7-11)8-9(2)14/h4-7,9H,3,8,14H2,1-2H3,(H,15,18). The quantitative estimate of drug-likeness (QED) is 0.871. The molecule has 1 heterocycles. The fourth-order valence-corrected chi connectivity index (χ4v) is 2.73. The summed E-state index contributed by atoms with van der Waals surface area (Å²) in [6.45, 7) is 4.53. The van der Waals surface area contributed by atoms with E-state index < -0.39 is 0 Å². The molecule has 0 saturated heterocycles. The largest absolute Gasteiger partial charge is 0.343 e. The van der Waals surface area contributed by atoms with E-state index in [2.05, 4.69) is 22.3 Å². The Labute approximate surface area is 116 Å². The summed E-state index contributed by atoms with van der Waals surface area (Å²) < 4.78 is 1.61. The third-order valence-electron chi connectivity index (χ3n) is 2.73. The Bertz CT molecular complexity index is 585. The lowest BCUT2D eigenvalue weighted by Gasteiger charge is -2.06. The van der Waals surface area contributed by atoms with Gasteiger partial charge in [0.2, 0.25) is 0 Å². The van der Waals surface area contributed by atoms with E-state index in [4.69, 9.17) is 5.73 Å². The summed E-state index contributed by atoms with van der Waals surface area (Å²) >= 11 is 1.48. The van der Waals surface area contributed by atoms with Crippen molar-refractivity contribution in [3.05, 3.63) is 40.3 Å². The molecule has 1 aromatic heterocycles. The van der Waals surface area contributed by atoms with Crippen molar-refractivity contribution >= 4 is 11.8 Å². The van der Waals surface area contributed by atoms with Gasteiger partial charge in [0, 0.05) is 17.5 Å². The lowest BCUT2D eigenvalue weighted by Crippen LogP contribution is -2.17. The smallest absolute Gasteiger partial charge is 0.328 e. The molecule has 1 aromatic carbocycles. The number of aromatic nitrogens is 3. The van der Waals surface area contributed by atoms with Crippen LogP contribution in [0.25, 0.3) is 0 Å². The number of nitrogens with two attached hydrogens (primary N) is 1. The molecule has 0 fully saturated rings. The average Bonchev–Trinajstić information content (AvgIpc) is 2.71. The fraction of sp³-hybridized carbons (Fsp3) is 0.385. The summed E-state index contributed by atoms with van der Waals surface area (Å²) in [4.78, 5) is 12.5. The summed E-state index contributed by atoms with van der Waals surface area (Å²) in [5.41, 5.74) is 6.82. The summed E-state index contributed by atoms with van der Waals surface area (Å²) in [6, 6.07) is 8.35. The Morgan fingerprint density at radius 1 is 1.42 bits per heavy atom. The number of H-pyrrole nitrogens is 1. The van der Waals surface area contributed by atoms with Gasteiger partial charge in [-0.05, 0) is 49.7 Å². The molecular weight excluding hydrogens is 260 g/mol. The van der Waals surface area contributed by atoms with Gasteiger partial charge >= 0.3 is 5.69 Å². The molecule has 19 heavy (non-hydrogen) atoms. The minimum atomic E-state index is -0.168. The van der Waals surface area contributed by atoms with Crippen LogP contribution < -0.4 is 11.4 Å². The highest BCUT2D eigenvalue weighted by molar-refractivity contribution is 7.99. The van der Waals surface area contributed by atoms with Gasteiger partial charge in [-0.2, -0.15) is 0 Å². The minimum Gasteiger partial charge on any atom is -0.328 e. The van der Waals surface area contributed by atoms with E-state index in [0.717, 1.165) is 11.3 Å². The Hall–Kier alpha value is -1.53. The maximum absolute atomic E-state index is 11.5. The van der Waals surface area contributed by atoms with Gasteiger partial charge < -0.3 is 5.73 Å². The van der Waals surface area contributed by atoms with Crippen LogP contribution in [0.15, 0.2) is 39.1 Å². The zero-order valence-corrected chi connectivity index (χ0v) is 11.9. The van der Waals surface area contributed by atoms with Crippen molar-refractivity contribution in [1.82, 2.24) is 14.8 Å². The summed E-state index contributed by atoms with van der Waals surface area (Å²) in [6.07, 6.45) is 0.868. The van der Waals surface area contributed by atoms with Crippen molar-refractivity contribution in [3.8, 4) is 0 Å². The van der Waals surface area contributed by atoms with Gasteiger partial charge in [-0.1, -0.05) is 12.1 Å². The van der Waals surface area contributed by atoms with E-state index in [0.29, 0.717) is 11.7 Å². The van der Waals surface area contributed by atoms with Crippen LogP contribution in [0.3, 0.4) is 0 Å². The van der Waals surface area contributed by atoms with Crippen LogP contribution in [-0.2, 0) is 13.0 Å². The summed E-state index contributed by atoms with van der Waals surface area (Å²) in [7, 11) is 0. The zero-order chi connectivity index (χ0) is 13.8. The summed E-state index contributed by atoms with van der Waals surface area (Å²) in [5, 5.41) is 7.17. The van der Waals surface area contributed by atoms with Crippen LogP contribution in [-0.4, -0.2) is 20.8 Å². The molecule has 0 saturated carbocycles. The lowest BCUT2D eigenvalue weighted by atomic mass is 10.1. The first kappa shape index (κ1) is 13.9. The molecule has 0 amide bonds. The van der Waals surface area contributed by atoms with Crippen LogP contribution >= 0.6 is 11.8 Å². The molecular formula is C13H18N4OS. The molecule has 0 bridgehead atoms. The van der Waals surface area contributed by atoms with Gasteiger partial charge in [0.25, 0.3) is 0 Å². The van der Waals surface area contributed by atoms with Crippen LogP contribution in [0.2, 0.25) is 0 Å². The SMILES string of the molecule is CCn1c(Sc2ccc(CC(C)N)cc2)n[nH]c1=O. The number of nitrogens with one attached hydrogen (secondary N) is 1. The van der Waals surface area contributed by atoms with Gasteiger partial charge in [0.15, 0.2) is 5.16 Å². The summed E-state index contributed by atoms with van der Waals surface area (Å²) in [5.74, 6) is 0. The molecule has 0 aliphatic rings. The molecule has 1 unspecified atom stereocenters. The van der Waals surface area contributed by atoms with Gasteiger partial charge in [-0.15, -0.1) is 5.10 Å². The molecule has 0 aliphatic carbocycles. The Balaban J connectivity index is 2.13. The predicted molar refractivity (Wildman–Crippen MR) is 76.4 cm³/mol. The van der Waals surface area contributed by atoms with Gasteiger partial charge in [-0.3, -0.25) is 4.57 Å². The number of hydrogen-bond acceptors (Lipinski definition) is 4. The topological polar surface area (TPSA) is 76.7 Å². The second-order valence-corrected chi connectivity index (χ2v) is 5.52. The fourth-order valence-electron chi connectivity index (χ4n) is 1.83. The molecule has 5 nitrogen and oxygen atoms in total. The number of hydrogen-bond donors (Lipinski definition) is 2. The third kappa shape index (κ3) is 3.48. The third-order valence-corrected chi connectivity index (χ3v) is 3.73. The van der Waals surface area contributed by atoms with Crippen LogP contribution in [0.1, 0.15) is 19.4 Å². The van der Waals surface area contributed by atoms with Crippen LogP contribution in [0.5, 0.6) is 0 Å².